The van der Waals surface area contributed by atoms with Crippen molar-refractivity contribution in [2.45, 2.75) is 25.7 Å². The summed E-state index contributed by atoms with van der Waals surface area (Å²) in [6.07, 6.45) is 3.80. The van der Waals surface area contributed by atoms with Crippen molar-refractivity contribution >= 4 is 29.7 Å². The van der Waals surface area contributed by atoms with Crippen LogP contribution in [0.5, 0.6) is 5.75 Å². The first-order chi connectivity index (χ1) is 10.2. The van der Waals surface area contributed by atoms with Crippen LogP contribution in [0.1, 0.15) is 34.7 Å². The predicted octanol–water partition coefficient (Wildman–Crippen LogP) is 2.82. The second-order valence-corrected chi connectivity index (χ2v) is 5.05. The van der Waals surface area contributed by atoms with Gasteiger partial charge in [0.05, 0.1) is 18.5 Å². The number of anilines is 2. The molecule has 0 saturated heterocycles. The largest absolute Gasteiger partial charge is 0.497 e. The van der Waals surface area contributed by atoms with E-state index in [1.54, 1.807) is 25.3 Å². The van der Waals surface area contributed by atoms with Crippen molar-refractivity contribution in [3.05, 3.63) is 35.2 Å². The Morgan fingerprint density at radius 1 is 1.36 bits per heavy atom. The molecule has 0 bridgehead atoms. The van der Waals surface area contributed by atoms with Crippen LogP contribution >= 0.6 is 12.4 Å². The van der Waals surface area contributed by atoms with Crippen LogP contribution in [0.3, 0.4) is 0 Å². The lowest BCUT2D eigenvalue weighted by molar-refractivity contribution is 0.101. The van der Waals surface area contributed by atoms with E-state index in [0.717, 1.165) is 37.0 Å². The number of nitrogen functional groups attached to an aromatic ring is 1. The van der Waals surface area contributed by atoms with E-state index in [1.807, 2.05) is 0 Å². The highest BCUT2D eigenvalue weighted by atomic mass is 35.5. The number of amides is 1. The minimum Gasteiger partial charge on any atom is -0.497 e. The molecule has 6 nitrogen and oxygen atoms in total. The molecule has 1 aromatic carbocycles. The Hall–Kier alpha value is -2.21. The smallest absolute Gasteiger partial charge is 0.278 e. The van der Waals surface area contributed by atoms with Crippen LogP contribution < -0.4 is 15.8 Å². The lowest BCUT2D eigenvalue weighted by Crippen LogP contribution is -2.16. The average molecular weight is 324 g/mol. The number of halogens is 1. The fourth-order valence-electron chi connectivity index (χ4n) is 2.52. The molecule has 7 heteroatoms. The number of methoxy groups -OCH3 is 1. The minimum atomic E-state index is -0.304. The number of rotatable bonds is 3. The van der Waals surface area contributed by atoms with Crippen molar-refractivity contribution in [2.75, 3.05) is 18.2 Å². The number of carbonyl (C=O) groups excluding carboxylic acids is 1. The zero-order valence-corrected chi connectivity index (χ0v) is 13.0. The first kappa shape index (κ1) is 16.2. The summed E-state index contributed by atoms with van der Waals surface area (Å²) in [5.74, 6) is 1.15. The van der Waals surface area contributed by atoms with E-state index in [1.165, 1.54) is 0 Å². The monoisotopic (exact) mass is 323 g/mol. The number of benzene rings is 1. The highest BCUT2D eigenvalue weighted by molar-refractivity contribution is 6.05. The Morgan fingerprint density at radius 3 is 2.91 bits per heavy atom. The summed E-state index contributed by atoms with van der Waals surface area (Å²) < 4.78 is 10.4. The van der Waals surface area contributed by atoms with E-state index in [2.05, 4.69) is 10.5 Å². The van der Waals surface area contributed by atoms with Crippen LogP contribution in [-0.4, -0.2) is 18.2 Å². The molecule has 1 aromatic heterocycles. The van der Waals surface area contributed by atoms with Gasteiger partial charge in [0.15, 0.2) is 5.69 Å². The van der Waals surface area contributed by atoms with Gasteiger partial charge >= 0.3 is 0 Å². The minimum absolute atomic E-state index is 0. The van der Waals surface area contributed by atoms with Crippen molar-refractivity contribution < 1.29 is 14.1 Å². The van der Waals surface area contributed by atoms with Gasteiger partial charge in [0.1, 0.15) is 11.5 Å². The molecule has 0 aliphatic heterocycles. The fourth-order valence-corrected chi connectivity index (χ4v) is 2.52. The number of carbonyl (C=O) groups is 1. The lowest BCUT2D eigenvalue weighted by atomic mass is 9.96. The molecular formula is C15H18ClN3O3. The summed E-state index contributed by atoms with van der Waals surface area (Å²) in [5, 5.41) is 6.68. The number of hydrogen-bond donors (Lipinski definition) is 2. The number of hydrogen-bond acceptors (Lipinski definition) is 5. The van der Waals surface area contributed by atoms with Gasteiger partial charge in [-0.3, -0.25) is 4.79 Å². The molecule has 2 aromatic rings. The zero-order valence-electron chi connectivity index (χ0n) is 12.2. The second-order valence-electron chi connectivity index (χ2n) is 5.05. The molecule has 1 amide bonds. The molecule has 0 fully saturated rings. The van der Waals surface area contributed by atoms with Crippen LogP contribution in [0.15, 0.2) is 22.7 Å². The van der Waals surface area contributed by atoms with E-state index in [4.69, 9.17) is 15.0 Å². The standard InChI is InChI=1S/C15H17N3O3.ClH/c1-20-9-6-7-11(16)12(8-9)17-15(19)14-10-4-2-3-5-13(10)21-18-14;/h6-8H,2-5,16H2,1H3,(H,17,19);1H. The van der Waals surface area contributed by atoms with Gasteiger partial charge in [-0.15, -0.1) is 12.4 Å². The third-order valence-corrected chi connectivity index (χ3v) is 3.67. The predicted molar refractivity (Wildman–Crippen MR) is 85.8 cm³/mol. The lowest BCUT2D eigenvalue weighted by Gasteiger charge is -2.11. The van der Waals surface area contributed by atoms with E-state index in [-0.39, 0.29) is 18.3 Å². The van der Waals surface area contributed by atoms with Gasteiger partial charge in [-0.2, -0.15) is 0 Å². The highest BCUT2D eigenvalue weighted by Crippen LogP contribution is 2.27. The van der Waals surface area contributed by atoms with Gasteiger partial charge in [-0.25, -0.2) is 0 Å². The molecule has 1 aliphatic rings. The Labute approximate surface area is 134 Å². The van der Waals surface area contributed by atoms with Gasteiger partial charge in [0.2, 0.25) is 0 Å². The van der Waals surface area contributed by atoms with Crippen LogP contribution in [0.4, 0.5) is 11.4 Å². The average Bonchev–Trinajstić information content (AvgIpc) is 2.93. The van der Waals surface area contributed by atoms with Crippen LogP contribution in [-0.2, 0) is 12.8 Å². The maximum absolute atomic E-state index is 12.4. The van der Waals surface area contributed by atoms with Gasteiger partial charge in [-0.1, -0.05) is 5.16 Å². The quantitative estimate of drug-likeness (QED) is 0.848. The molecule has 0 atom stereocenters. The summed E-state index contributed by atoms with van der Waals surface area (Å²) in [4.78, 5) is 12.4. The third kappa shape index (κ3) is 3.01. The molecular weight excluding hydrogens is 306 g/mol. The number of ether oxygens (including phenoxy) is 1. The maximum Gasteiger partial charge on any atom is 0.278 e. The summed E-state index contributed by atoms with van der Waals surface area (Å²) in [5.41, 5.74) is 8.12. The van der Waals surface area contributed by atoms with Gasteiger partial charge in [0, 0.05) is 18.1 Å². The third-order valence-electron chi connectivity index (χ3n) is 3.67. The van der Waals surface area contributed by atoms with Gasteiger partial charge < -0.3 is 20.3 Å². The highest BCUT2D eigenvalue weighted by Gasteiger charge is 2.24. The number of nitrogens with zero attached hydrogens (tertiary/aromatic N) is 1. The van der Waals surface area contributed by atoms with E-state index >= 15 is 0 Å². The van der Waals surface area contributed by atoms with Crippen LogP contribution in [0, 0.1) is 0 Å². The molecule has 0 radical (unpaired) electrons. The first-order valence-electron chi connectivity index (χ1n) is 6.91. The van der Waals surface area contributed by atoms with Crippen LogP contribution in [0.2, 0.25) is 0 Å². The van der Waals surface area contributed by atoms with Gasteiger partial charge in [0.25, 0.3) is 5.91 Å². The summed E-state index contributed by atoms with van der Waals surface area (Å²) in [6, 6.07) is 5.11. The van der Waals surface area contributed by atoms with Crippen molar-refractivity contribution in [2.24, 2.45) is 0 Å². The Bertz CT molecular complexity index is 685. The number of nitrogens with one attached hydrogen (secondary N) is 1. The number of fused-ring (bicyclic) bond motifs is 1. The second kappa shape index (κ2) is 6.70. The first-order valence-corrected chi connectivity index (χ1v) is 6.91. The number of aromatic nitrogens is 1. The number of aryl methyl sites for hydroxylation is 1. The molecule has 0 unspecified atom stereocenters. The molecule has 3 N–H and O–H groups in total. The zero-order chi connectivity index (χ0) is 14.8. The van der Waals surface area contributed by atoms with Gasteiger partial charge in [-0.05, 0) is 31.4 Å². The van der Waals surface area contributed by atoms with E-state index in [9.17, 15) is 4.79 Å². The summed E-state index contributed by atoms with van der Waals surface area (Å²) in [7, 11) is 1.56. The van der Waals surface area contributed by atoms with E-state index < -0.39 is 0 Å². The Morgan fingerprint density at radius 2 is 2.14 bits per heavy atom. The molecule has 3 rings (SSSR count). The number of nitrogens with two attached hydrogens (primary N) is 1. The summed E-state index contributed by atoms with van der Waals surface area (Å²) in [6.45, 7) is 0. The Balaban J connectivity index is 0.00000176. The molecule has 0 saturated carbocycles. The SMILES string of the molecule is COc1ccc(N)c(NC(=O)c2noc3c2CCCC3)c1.Cl. The van der Waals surface area contributed by atoms with Crippen molar-refractivity contribution in [1.82, 2.24) is 5.16 Å². The normalized spacial score (nSPS) is 13.0. The molecule has 1 aliphatic carbocycles. The van der Waals surface area contributed by atoms with Crippen molar-refractivity contribution in [1.29, 1.82) is 0 Å². The molecule has 118 valence electrons. The van der Waals surface area contributed by atoms with Crippen molar-refractivity contribution in [3.8, 4) is 5.75 Å². The molecule has 0 spiro atoms. The molecule has 22 heavy (non-hydrogen) atoms. The van der Waals surface area contributed by atoms with Crippen LogP contribution in [0.25, 0.3) is 0 Å². The summed E-state index contributed by atoms with van der Waals surface area (Å²) >= 11 is 0. The van der Waals surface area contributed by atoms with Crippen molar-refractivity contribution in [3.63, 3.8) is 0 Å². The van der Waals surface area contributed by atoms with E-state index in [0.29, 0.717) is 22.8 Å². The maximum atomic E-state index is 12.4. The topological polar surface area (TPSA) is 90.4 Å². The Kier molecular flexibility index (Phi) is 4.92. The fraction of sp³-hybridized carbons (Fsp3) is 0.333. The molecule has 1 heterocycles.